The molecule has 0 bridgehead atoms. The van der Waals surface area contributed by atoms with Crippen LogP contribution in [0.5, 0.6) is 0 Å². The van der Waals surface area contributed by atoms with Gasteiger partial charge in [0.1, 0.15) is 0 Å². The van der Waals surface area contributed by atoms with Crippen molar-refractivity contribution < 1.29 is 0 Å². The first-order valence-corrected chi connectivity index (χ1v) is 5.74. The maximum absolute atomic E-state index is 3.77. The first kappa shape index (κ1) is 8.49. The number of hydrogen-bond acceptors (Lipinski definition) is 1. The smallest absolute Gasteiger partial charge is 0.0351 e. The van der Waals surface area contributed by atoms with Gasteiger partial charge in [0.25, 0.3) is 0 Å². The van der Waals surface area contributed by atoms with E-state index in [0.717, 1.165) is 12.0 Å². The zero-order chi connectivity index (χ0) is 9.38. The van der Waals surface area contributed by atoms with Crippen LogP contribution in [-0.2, 0) is 0 Å². The third kappa shape index (κ3) is 1.83. The molecule has 14 heavy (non-hydrogen) atoms. The van der Waals surface area contributed by atoms with Crippen LogP contribution in [0.15, 0.2) is 30.3 Å². The summed E-state index contributed by atoms with van der Waals surface area (Å²) in [6.07, 6.45) is 5.60. The van der Waals surface area contributed by atoms with Crippen molar-refractivity contribution in [2.24, 2.45) is 5.92 Å². The van der Waals surface area contributed by atoms with Gasteiger partial charge in [-0.3, -0.25) is 0 Å². The molecule has 2 aliphatic rings. The van der Waals surface area contributed by atoms with E-state index in [0.29, 0.717) is 6.04 Å². The molecule has 0 aromatic heterocycles. The summed E-state index contributed by atoms with van der Waals surface area (Å²) in [6, 6.07) is 12.4. The van der Waals surface area contributed by atoms with Crippen molar-refractivity contribution in [2.75, 3.05) is 0 Å². The Morgan fingerprint density at radius 1 is 1.00 bits per heavy atom. The molecule has 1 aromatic rings. The summed E-state index contributed by atoms with van der Waals surface area (Å²) < 4.78 is 0. The summed E-state index contributed by atoms with van der Waals surface area (Å²) in [5.41, 5.74) is 1.49. The SMILES string of the molecule is c1ccc([C@H](NC2CC2)C2CC2)cc1. The third-order valence-electron chi connectivity index (χ3n) is 3.24. The Morgan fingerprint density at radius 3 is 2.29 bits per heavy atom. The highest BCUT2D eigenvalue weighted by Crippen LogP contribution is 2.42. The van der Waals surface area contributed by atoms with Gasteiger partial charge in [-0.1, -0.05) is 30.3 Å². The van der Waals surface area contributed by atoms with E-state index in [1.165, 1.54) is 31.2 Å². The predicted octanol–water partition coefficient (Wildman–Crippen LogP) is 2.89. The maximum Gasteiger partial charge on any atom is 0.0351 e. The summed E-state index contributed by atoms with van der Waals surface area (Å²) in [5, 5.41) is 3.77. The molecule has 2 fully saturated rings. The second-order valence-electron chi connectivity index (χ2n) is 4.67. The lowest BCUT2D eigenvalue weighted by molar-refractivity contribution is 0.478. The van der Waals surface area contributed by atoms with Crippen LogP contribution in [0.4, 0.5) is 0 Å². The topological polar surface area (TPSA) is 12.0 Å². The number of hydrogen-bond donors (Lipinski definition) is 1. The molecule has 1 atom stereocenters. The fourth-order valence-electron chi connectivity index (χ4n) is 2.10. The van der Waals surface area contributed by atoms with Crippen molar-refractivity contribution in [2.45, 2.75) is 37.8 Å². The summed E-state index contributed by atoms with van der Waals surface area (Å²) in [5.74, 6) is 0.915. The Labute approximate surface area is 85.5 Å². The Kier molecular flexibility index (Phi) is 2.06. The highest BCUT2D eigenvalue weighted by molar-refractivity contribution is 5.21. The average molecular weight is 187 g/mol. The molecule has 3 rings (SSSR count). The van der Waals surface area contributed by atoms with E-state index >= 15 is 0 Å². The number of benzene rings is 1. The first-order chi connectivity index (χ1) is 6.93. The summed E-state index contributed by atoms with van der Waals surface area (Å²) in [4.78, 5) is 0. The van der Waals surface area contributed by atoms with Crippen LogP contribution in [0.1, 0.15) is 37.3 Å². The molecule has 1 nitrogen and oxygen atoms in total. The molecular weight excluding hydrogens is 170 g/mol. The van der Waals surface area contributed by atoms with E-state index in [9.17, 15) is 0 Å². The van der Waals surface area contributed by atoms with Crippen LogP contribution >= 0.6 is 0 Å². The van der Waals surface area contributed by atoms with Gasteiger partial charge in [-0.15, -0.1) is 0 Å². The van der Waals surface area contributed by atoms with Gasteiger partial charge < -0.3 is 5.32 Å². The summed E-state index contributed by atoms with van der Waals surface area (Å²) in [7, 11) is 0. The molecule has 0 spiro atoms. The Hall–Kier alpha value is -0.820. The molecular formula is C13H17N. The van der Waals surface area contributed by atoms with Gasteiger partial charge in [-0.05, 0) is 37.2 Å². The Balaban J connectivity index is 1.76. The average Bonchev–Trinajstić information content (AvgIpc) is 3.08. The van der Waals surface area contributed by atoms with Crippen molar-refractivity contribution in [3.05, 3.63) is 35.9 Å². The second-order valence-corrected chi connectivity index (χ2v) is 4.67. The van der Waals surface area contributed by atoms with E-state index in [1.807, 2.05) is 0 Å². The fraction of sp³-hybridized carbons (Fsp3) is 0.538. The first-order valence-electron chi connectivity index (χ1n) is 5.74. The molecule has 0 amide bonds. The van der Waals surface area contributed by atoms with Gasteiger partial charge in [0, 0.05) is 12.1 Å². The van der Waals surface area contributed by atoms with Crippen LogP contribution in [0.3, 0.4) is 0 Å². The van der Waals surface area contributed by atoms with E-state index in [2.05, 4.69) is 35.6 Å². The number of nitrogens with one attached hydrogen (secondary N) is 1. The van der Waals surface area contributed by atoms with Crippen molar-refractivity contribution in [3.8, 4) is 0 Å². The van der Waals surface area contributed by atoms with Gasteiger partial charge >= 0.3 is 0 Å². The maximum atomic E-state index is 3.77. The minimum atomic E-state index is 0.642. The number of rotatable bonds is 4. The zero-order valence-electron chi connectivity index (χ0n) is 8.45. The van der Waals surface area contributed by atoms with Crippen molar-refractivity contribution in [3.63, 3.8) is 0 Å². The highest BCUT2D eigenvalue weighted by atomic mass is 15.0. The lowest BCUT2D eigenvalue weighted by Crippen LogP contribution is -2.24. The molecule has 74 valence electrons. The second kappa shape index (κ2) is 3.39. The zero-order valence-corrected chi connectivity index (χ0v) is 8.45. The largest absolute Gasteiger partial charge is 0.307 e. The minimum Gasteiger partial charge on any atom is -0.307 e. The van der Waals surface area contributed by atoms with Crippen LogP contribution in [0.2, 0.25) is 0 Å². The molecule has 0 radical (unpaired) electrons. The minimum absolute atomic E-state index is 0.642. The molecule has 2 saturated carbocycles. The highest BCUT2D eigenvalue weighted by Gasteiger charge is 2.35. The van der Waals surface area contributed by atoms with Gasteiger partial charge in [0.15, 0.2) is 0 Å². The monoisotopic (exact) mass is 187 g/mol. The van der Waals surface area contributed by atoms with Crippen molar-refractivity contribution in [1.29, 1.82) is 0 Å². The van der Waals surface area contributed by atoms with E-state index in [1.54, 1.807) is 0 Å². The van der Waals surface area contributed by atoms with Gasteiger partial charge in [0.05, 0.1) is 0 Å². The van der Waals surface area contributed by atoms with E-state index < -0.39 is 0 Å². The lowest BCUT2D eigenvalue weighted by atomic mass is 10.0. The van der Waals surface area contributed by atoms with Gasteiger partial charge in [-0.2, -0.15) is 0 Å². The molecule has 1 heteroatoms. The Bertz CT molecular complexity index is 298. The third-order valence-corrected chi connectivity index (χ3v) is 3.24. The van der Waals surface area contributed by atoms with Crippen LogP contribution in [0.25, 0.3) is 0 Å². The normalized spacial score (nSPS) is 23.4. The molecule has 1 aromatic carbocycles. The quantitative estimate of drug-likeness (QED) is 0.764. The lowest BCUT2D eigenvalue weighted by Gasteiger charge is -2.18. The summed E-state index contributed by atoms with van der Waals surface area (Å²) in [6.45, 7) is 0. The Morgan fingerprint density at radius 2 is 1.71 bits per heavy atom. The standard InChI is InChI=1S/C13H17N/c1-2-4-10(5-3-1)13(11-6-7-11)14-12-8-9-12/h1-5,11-14H,6-9H2/t13-/m0/s1. The van der Waals surface area contributed by atoms with E-state index in [-0.39, 0.29) is 0 Å². The van der Waals surface area contributed by atoms with Crippen LogP contribution in [0, 0.1) is 5.92 Å². The molecule has 2 aliphatic carbocycles. The predicted molar refractivity (Wildman–Crippen MR) is 58.1 cm³/mol. The van der Waals surface area contributed by atoms with Gasteiger partial charge in [-0.25, -0.2) is 0 Å². The van der Waals surface area contributed by atoms with Crippen LogP contribution in [-0.4, -0.2) is 6.04 Å². The molecule has 0 unspecified atom stereocenters. The van der Waals surface area contributed by atoms with Gasteiger partial charge in [0.2, 0.25) is 0 Å². The van der Waals surface area contributed by atoms with Crippen molar-refractivity contribution in [1.82, 2.24) is 5.32 Å². The molecule has 0 heterocycles. The fourth-order valence-corrected chi connectivity index (χ4v) is 2.10. The van der Waals surface area contributed by atoms with E-state index in [4.69, 9.17) is 0 Å². The molecule has 0 aliphatic heterocycles. The van der Waals surface area contributed by atoms with Crippen molar-refractivity contribution >= 4 is 0 Å². The van der Waals surface area contributed by atoms with Crippen LogP contribution < -0.4 is 5.32 Å². The molecule has 0 saturated heterocycles. The summed E-state index contributed by atoms with van der Waals surface area (Å²) >= 11 is 0. The molecule has 1 N–H and O–H groups in total.